The first-order valence-corrected chi connectivity index (χ1v) is 21.2. The lowest BCUT2D eigenvalue weighted by atomic mass is 9.78. The molecule has 0 saturated heterocycles. The largest absolute Gasteiger partial charge is 0.246 e. The Hall–Kier alpha value is -6.64. The van der Waals surface area contributed by atoms with E-state index in [-0.39, 0.29) is 11.8 Å². The first kappa shape index (κ1) is 37.9. The van der Waals surface area contributed by atoms with Crippen LogP contribution in [0.15, 0.2) is 198 Å². The smallest absolute Gasteiger partial charge is 0.0979 e. The van der Waals surface area contributed by atoms with E-state index in [2.05, 4.69) is 209 Å². The Morgan fingerprint density at radius 3 is 1.34 bits per heavy atom. The molecule has 9 rings (SSSR count). The molecule has 2 heteroatoms. The first-order chi connectivity index (χ1) is 29.1. The minimum absolute atomic E-state index is 0.0657. The molecule has 59 heavy (non-hydrogen) atoms. The quantitative estimate of drug-likeness (QED) is 0.0875. The third-order valence-electron chi connectivity index (χ3n) is 11.9. The fourth-order valence-electron chi connectivity index (χ4n) is 9.18. The molecule has 0 N–H and O–H groups in total. The van der Waals surface area contributed by atoms with Crippen molar-refractivity contribution in [1.29, 1.82) is 0 Å². The molecule has 8 aromatic rings. The minimum atomic E-state index is -0.0657. The molecule has 0 bridgehead atoms. The second kappa shape index (κ2) is 17.1. The number of aliphatic imine (C=N–C) groups is 2. The van der Waals surface area contributed by atoms with Gasteiger partial charge >= 0.3 is 0 Å². The van der Waals surface area contributed by atoms with E-state index in [1.165, 1.54) is 73.7 Å². The van der Waals surface area contributed by atoms with Gasteiger partial charge in [-0.2, -0.15) is 0 Å². The molecular formula is C57H50N2. The van der Waals surface area contributed by atoms with E-state index in [0.29, 0.717) is 0 Å². The van der Waals surface area contributed by atoms with Crippen LogP contribution in [0.25, 0.3) is 10.8 Å². The monoisotopic (exact) mass is 762 g/mol. The van der Waals surface area contributed by atoms with E-state index in [9.17, 15) is 0 Å². The molecule has 0 spiro atoms. The zero-order valence-electron chi connectivity index (χ0n) is 34.3. The Morgan fingerprint density at radius 2 is 0.881 bits per heavy atom. The molecule has 0 aliphatic heterocycles. The number of nitrogens with zero attached hydrogens (tertiary/aromatic N) is 2. The van der Waals surface area contributed by atoms with Crippen molar-refractivity contribution in [2.75, 3.05) is 0 Å². The van der Waals surface area contributed by atoms with Gasteiger partial charge in [0.25, 0.3) is 0 Å². The Labute approximate surface area is 349 Å². The highest BCUT2D eigenvalue weighted by molar-refractivity contribution is 6.61. The summed E-state index contributed by atoms with van der Waals surface area (Å²) in [6.07, 6.45) is 4.54. The Balaban J connectivity index is 1.39. The van der Waals surface area contributed by atoms with E-state index in [4.69, 9.17) is 9.98 Å². The lowest BCUT2D eigenvalue weighted by Gasteiger charge is -2.27. The van der Waals surface area contributed by atoms with E-state index in [0.717, 1.165) is 46.8 Å². The zero-order valence-corrected chi connectivity index (χ0v) is 34.3. The third-order valence-corrected chi connectivity index (χ3v) is 11.9. The van der Waals surface area contributed by atoms with Gasteiger partial charge in [-0.3, -0.25) is 0 Å². The summed E-state index contributed by atoms with van der Waals surface area (Å²) in [5.41, 5.74) is 17.2. The van der Waals surface area contributed by atoms with Gasteiger partial charge in [0.15, 0.2) is 0 Å². The van der Waals surface area contributed by atoms with Crippen molar-refractivity contribution in [3.05, 3.63) is 249 Å². The first-order valence-electron chi connectivity index (χ1n) is 21.2. The minimum Gasteiger partial charge on any atom is -0.246 e. The summed E-state index contributed by atoms with van der Waals surface area (Å²) in [5, 5.41) is 2.42. The Morgan fingerprint density at radius 1 is 0.441 bits per heavy atom. The van der Waals surface area contributed by atoms with E-state index >= 15 is 0 Å². The summed E-state index contributed by atoms with van der Waals surface area (Å²) in [6.45, 7) is 6.71. The summed E-state index contributed by atoms with van der Waals surface area (Å²) in [4.78, 5) is 11.8. The molecular weight excluding hydrogens is 713 g/mol. The summed E-state index contributed by atoms with van der Waals surface area (Å²) in [6, 6.07) is 68.5. The highest BCUT2D eigenvalue weighted by Gasteiger charge is 2.32. The highest BCUT2D eigenvalue weighted by Crippen LogP contribution is 2.47. The standard InChI is InChI=1S/C57H50N2/c1-4-5-10-31-46-34-19-22-40(3)54(46)58-56-47-35-20-32-45-33-21-36-48(53(45)47)57(56)59-55-49(51(41-23-11-6-12-24-41)42-25-13-7-14-26-42)37-39(2)38-50(55)52(43-27-15-8-16-28-43)44-29-17-9-18-30-44/h6-9,11-30,32-38,51-52H,4-5,10,31H2,1-3H3. The van der Waals surface area contributed by atoms with E-state index in [1.54, 1.807) is 0 Å². The molecule has 0 unspecified atom stereocenters. The van der Waals surface area contributed by atoms with Gasteiger partial charge < -0.3 is 0 Å². The fraction of sp³-hybridized carbons (Fsp3) is 0.158. The maximum Gasteiger partial charge on any atom is 0.0979 e. The van der Waals surface area contributed by atoms with Gasteiger partial charge in [-0.1, -0.05) is 213 Å². The molecule has 0 saturated carbocycles. The van der Waals surface area contributed by atoms with Crippen LogP contribution in [0, 0.1) is 13.8 Å². The van der Waals surface area contributed by atoms with Crippen LogP contribution in [0.2, 0.25) is 0 Å². The molecule has 0 fully saturated rings. The van der Waals surface area contributed by atoms with Crippen LogP contribution >= 0.6 is 0 Å². The number of rotatable bonds is 12. The second-order valence-electron chi connectivity index (χ2n) is 16.0. The van der Waals surface area contributed by atoms with Gasteiger partial charge in [0.1, 0.15) is 0 Å². The summed E-state index contributed by atoms with van der Waals surface area (Å²) < 4.78 is 0. The van der Waals surface area contributed by atoms with Crippen molar-refractivity contribution in [2.24, 2.45) is 9.98 Å². The fourth-order valence-corrected chi connectivity index (χ4v) is 9.18. The van der Waals surface area contributed by atoms with Crippen molar-refractivity contribution in [3.8, 4) is 0 Å². The van der Waals surface area contributed by atoms with Gasteiger partial charge in [0.05, 0.1) is 22.8 Å². The maximum absolute atomic E-state index is 6.08. The van der Waals surface area contributed by atoms with Crippen LogP contribution in [0.4, 0.5) is 11.4 Å². The molecule has 288 valence electrons. The number of hydrogen-bond donors (Lipinski definition) is 0. The lowest BCUT2D eigenvalue weighted by molar-refractivity contribution is 0.717. The van der Waals surface area contributed by atoms with Crippen molar-refractivity contribution in [3.63, 3.8) is 0 Å². The van der Waals surface area contributed by atoms with Gasteiger partial charge in [-0.15, -0.1) is 0 Å². The van der Waals surface area contributed by atoms with Crippen molar-refractivity contribution < 1.29 is 0 Å². The molecule has 0 amide bonds. The highest BCUT2D eigenvalue weighted by atomic mass is 14.8. The summed E-state index contributed by atoms with van der Waals surface area (Å²) in [5.74, 6) is -0.131. The van der Waals surface area contributed by atoms with Crippen LogP contribution in [-0.4, -0.2) is 11.4 Å². The second-order valence-corrected chi connectivity index (χ2v) is 16.0. The summed E-state index contributed by atoms with van der Waals surface area (Å²) >= 11 is 0. The maximum atomic E-state index is 6.08. The van der Waals surface area contributed by atoms with Crippen LogP contribution in [0.1, 0.15) is 99.2 Å². The SMILES string of the molecule is CCCCCc1cccc(C)c1N=C1C(=Nc2c(C(c3ccccc3)c3ccccc3)cc(C)cc2C(c2ccccc2)c2ccccc2)c2cccc3cccc1c23. The Bertz CT molecular complexity index is 2590. The van der Waals surface area contributed by atoms with Crippen LogP contribution < -0.4 is 0 Å². The number of benzene rings is 8. The van der Waals surface area contributed by atoms with E-state index in [1.807, 2.05) is 0 Å². The Kier molecular flexibility index (Phi) is 11.0. The molecule has 8 aromatic carbocycles. The van der Waals surface area contributed by atoms with Crippen LogP contribution in [0.3, 0.4) is 0 Å². The molecule has 1 aliphatic carbocycles. The molecule has 2 nitrogen and oxygen atoms in total. The molecule has 0 atom stereocenters. The van der Waals surface area contributed by atoms with Crippen LogP contribution in [0.5, 0.6) is 0 Å². The molecule has 1 aliphatic rings. The number of unbranched alkanes of at least 4 members (excludes halogenated alkanes) is 2. The van der Waals surface area contributed by atoms with Crippen molar-refractivity contribution >= 4 is 33.6 Å². The van der Waals surface area contributed by atoms with Crippen molar-refractivity contribution in [1.82, 2.24) is 0 Å². The topological polar surface area (TPSA) is 24.7 Å². The lowest BCUT2D eigenvalue weighted by Crippen LogP contribution is -2.13. The van der Waals surface area contributed by atoms with Gasteiger partial charge in [-0.05, 0) is 76.6 Å². The predicted molar refractivity (Wildman–Crippen MR) is 250 cm³/mol. The average Bonchev–Trinajstić information content (AvgIpc) is 3.57. The number of aryl methyl sites for hydroxylation is 3. The van der Waals surface area contributed by atoms with E-state index < -0.39 is 0 Å². The average molecular weight is 763 g/mol. The predicted octanol–water partition coefficient (Wildman–Crippen LogP) is 14.8. The third kappa shape index (κ3) is 7.59. The van der Waals surface area contributed by atoms with Crippen LogP contribution in [-0.2, 0) is 6.42 Å². The normalized spacial score (nSPS) is 13.6. The molecule has 0 heterocycles. The zero-order chi connectivity index (χ0) is 40.1. The number of hydrogen-bond acceptors (Lipinski definition) is 2. The van der Waals surface area contributed by atoms with Gasteiger partial charge in [0, 0.05) is 28.3 Å². The van der Waals surface area contributed by atoms with Crippen molar-refractivity contribution in [2.45, 2.75) is 58.3 Å². The summed E-state index contributed by atoms with van der Waals surface area (Å²) in [7, 11) is 0. The number of para-hydroxylation sites is 1. The molecule has 0 radical (unpaired) electrons. The van der Waals surface area contributed by atoms with Gasteiger partial charge in [0.2, 0.25) is 0 Å². The molecule has 0 aromatic heterocycles. The van der Waals surface area contributed by atoms with Gasteiger partial charge in [-0.25, -0.2) is 9.98 Å².